The zero-order valence-electron chi connectivity index (χ0n) is 19.4. The number of benzene rings is 1. The number of hydrogen-bond donors (Lipinski definition) is 6. The highest BCUT2D eigenvalue weighted by Gasteiger charge is 2.35. The highest BCUT2D eigenvalue weighted by Crippen LogP contribution is 2.20. The number of aromatic nitrogens is 1. The van der Waals surface area contributed by atoms with Gasteiger partial charge in [0, 0.05) is 43.4 Å². The zero-order valence-corrected chi connectivity index (χ0v) is 19.4. The van der Waals surface area contributed by atoms with Crippen molar-refractivity contribution in [2.24, 2.45) is 5.73 Å². The summed E-state index contributed by atoms with van der Waals surface area (Å²) in [6.07, 6.45) is 2.58. The molecule has 3 rings (SSSR count). The molecule has 3 atom stereocenters. The van der Waals surface area contributed by atoms with Crippen molar-refractivity contribution in [2.45, 2.75) is 57.2 Å². The van der Waals surface area contributed by atoms with Gasteiger partial charge in [-0.1, -0.05) is 18.2 Å². The molecule has 0 aliphatic carbocycles. The molecule has 1 saturated heterocycles. The summed E-state index contributed by atoms with van der Waals surface area (Å²) in [6.45, 7) is 1.81. The molecule has 2 heterocycles. The smallest absolute Gasteiger partial charge is 0.266 e. The molecule has 1 fully saturated rings. The number of nitrogens with zero attached hydrogens (tertiary/aromatic N) is 1. The van der Waals surface area contributed by atoms with E-state index in [2.05, 4.69) is 15.6 Å². The molecule has 7 N–H and O–H groups in total. The molecule has 0 saturated carbocycles. The van der Waals surface area contributed by atoms with E-state index in [1.54, 1.807) is 11.7 Å². The van der Waals surface area contributed by atoms with Gasteiger partial charge in [0.2, 0.25) is 23.6 Å². The number of hydrogen-bond acceptors (Lipinski definition) is 6. The first-order valence-corrected chi connectivity index (χ1v) is 11.4. The van der Waals surface area contributed by atoms with Gasteiger partial charge in [-0.3, -0.25) is 29.2 Å². The molecule has 1 aromatic carbocycles. The molecule has 2 aromatic rings. The molecule has 1 aliphatic heterocycles. The second kappa shape index (κ2) is 11.5. The fraction of sp³-hybridized carbons (Fsp3) is 0.435. The van der Waals surface area contributed by atoms with E-state index in [1.165, 1.54) is 11.8 Å². The summed E-state index contributed by atoms with van der Waals surface area (Å²) >= 11 is 0. The topological polar surface area (TPSA) is 187 Å². The monoisotopic (exact) mass is 486 g/mol. The second-order valence-corrected chi connectivity index (χ2v) is 8.54. The summed E-state index contributed by atoms with van der Waals surface area (Å²) in [5, 5.41) is 15.2. The van der Waals surface area contributed by atoms with Crippen LogP contribution in [0.3, 0.4) is 0 Å². The Morgan fingerprint density at radius 3 is 2.57 bits per heavy atom. The number of carbonyl (C=O) groups excluding carboxylic acids is 5. The van der Waals surface area contributed by atoms with E-state index in [9.17, 15) is 29.2 Å². The average Bonchev–Trinajstić information content (AvgIpc) is 3.48. The number of primary amides is 1. The molecule has 35 heavy (non-hydrogen) atoms. The lowest BCUT2D eigenvalue weighted by Crippen LogP contribution is -2.56. The van der Waals surface area contributed by atoms with Crippen LogP contribution in [0.4, 0.5) is 0 Å². The van der Waals surface area contributed by atoms with Crippen molar-refractivity contribution >= 4 is 40.4 Å². The number of H-pyrrole nitrogens is 1. The zero-order chi connectivity index (χ0) is 25.5. The summed E-state index contributed by atoms with van der Waals surface area (Å²) in [7, 11) is 0. The van der Waals surface area contributed by atoms with E-state index in [0.717, 1.165) is 16.5 Å². The molecule has 1 aromatic heterocycles. The van der Waals surface area contributed by atoms with Crippen LogP contribution in [0.5, 0.6) is 0 Å². The van der Waals surface area contributed by atoms with Gasteiger partial charge in [-0.25, -0.2) is 5.48 Å². The van der Waals surface area contributed by atoms with Crippen molar-refractivity contribution in [3.8, 4) is 0 Å². The normalized spacial score (nSPS) is 17.0. The number of carbonyl (C=O) groups is 5. The number of para-hydroxylation sites is 1. The van der Waals surface area contributed by atoms with Crippen molar-refractivity contribution < 1.29 is 29.2 Å². The van der Waals surface area contributed by atoms with Gasteiger partial charge >= 0.3 is 0 Å². The Kier molecular flexibility index (Phi) is 8.42. The van der Waals surface area contributed by atoms with E-state index in [-0.39, 0.29) is 25.2 Å². The van der Waals surface area contributed by atoms with Gasteiger partial charge in [-0.2, -0.15) is 0 Å². The third-order valence-electron chi connectivity index (χ3n) is 6.11. The maximum absolute atomic E-state index is 13.1. The van der Waals surface area contributed by atoms with Gasteiger partial charge in [0.25, 0.3) is 5.91 Å². The van der Waals surface area contributed by atoms with E-state index in [0.29, 0.717) is 19.4 Å². The van der Waals surface area contributed by atoms with Gasteiger partial charge in [0.1, 0.15) is 18.1 Å². The molecule has 0 radical (unpaired) electrons. The standard InChI is InChI=1S/C23H30N6O6/c1-13(30)29-10-4-7-19(29)23(34)26-17(8-9-20(24)31)21(32)27-18(22(33)28-35)11-14-12-25-16-6-3-2-5-15(14)16/h2-3,5-6,12,17-19,25,35H,4,7-11H2,1H3,(H2,24,31)(H,26,34)(H,27,32)(H,28,33)/t17?,18?,19-/m0/s1. The summed E-state index contributed by atoms with van der Waals surface area (Å²) in [4.78, 5) is 66.0. The van der Waals surface area contributed by atoms with E-state index in [1.807, 2.05) is 24.3 Å². The Morgan fingerprint density at radius 2 is 1.89 bits per heavy atom. The first-order chi connectivity index (χ1) is 16.7. The predicted octanol–water partition coefficient (Wildman–Crippen LogP) is -0.538. The van der Waals surface area contributed by atoms with Gasteiger partial charge in [0.05, 0.1) is 0 Å². The molecular formula is C23H30N6O6. The van der Waals surface area contributed by atoms with Crippen LogP contribution in [0.15, 0.2) is 30.5 Å². The molecule has 2 unspecified atom stereocenters. The first kappa shape index (κ1) is 25.7. The molecule has 0 spiro atoms. The Morgan fingerprint density at radius 1 is 1.14 bits per heavy atom. The van der Waals surface area contributed by atoms with Crippen LogP contribution in [0.25, 0.3) is 10.9 Å². The first-order valence-electron chi connectivity index (χ1n) is 11.4. The number of aromatic amines is 1. The minimum absolute atomic E-state index is 0.0549. The van der Waals surface area contributed by atoms with Crippen LogP contribution >= 0.6 is 0 Å². The lowest BCUT2D eigenvalue weighted by Gasteiger charge is -2.26. The molecule has 1 aliphatic rings. The van der Waals surface area contributed by atoms with Crippen molar-refractivity contribution in [1.82, 2.24) is 26.0 Å². The maximum Gasteiger partial charge on any atom is 0.266 e. The van der Waals surface area contributed by atoms with Gasteiger partial charge in [-0.15, -0.1) is 0 Å². The van der Waals surface area contributed by atoms with Crippen LogP contribution < -0.4 is 21.8 Å². The van der Waals surface area contributed by atoms with Crippen molar-refractivity contribution in [3.05, 3.63) is 36.0 Å². The Labute approximate surface area is 201 Å². The quantitative estimate of drug-likeness (QED) is 0.193. The number of hydroxylamine groups is 1. The molecule has 12 nitrogen and oxygen atoms in total. The molecule has 188 valence electrons. The Hall–Kier alpha value is -3.93. The predicted molar refractivity (Wildman–Crippen MR) is 125 cm³/mol. The van der Waals surface area contributed by atoms with Crippen LogP contribution in [0, 0.1) is 0 Å². The fourth-order valence-electron chi connectivity index (χ4n) is 4.32. The third-order valence-corrected chi connectivity index (χ3v) is 6.11. The summed E-state index contributed by atoms with van der Waals surface area (Å²) in [6, 6.07) is 4.34. The minimum atomic E-state index is -1.18. The Bertz CT molecular complexity index is 1110. The number of rotatable bonds is 10. The number of nitrogens with one attached hydrogen (secondary N) is 4. The van der Waals surface area contributed by atoms with Gasteiger partial charge in [0.15, 0.2) is 0 Å². The van der Waals surface area contributed by atoms with E-state index < -0.39 is 41.8 Å². The van der Waals surface area contributed by atoms with Crippen molar-refractivity contribution in [2.75, 3.05) is 6.54 Å². The number of nitrogens with two attached hydrogens (primary N) is 1. The lowest BCUT2D eigenvalue weighted by molar-refractivity contribution is -0.139. The number of likely N-dealkylation sites (tertiary alicyclic amines) is 1. The third kappa shape index (κ3) is 6.35. The van der Waals surface area contributed by atoms with Crippen molar-refractivity contribution in [3.63, 3.8) is 0 Å². The summed E-state index contributed by atoms with van der Waals surface area (Å²) in [5.41, 5.74) is 8.36. The highest BCUT2D eigenvalue weighted by atomic mass is 16.5. The van der Waals surface area contributed by atoms with E-state index >= 15 is 0 Å². The SMILES string of the molecule is CC(=O)N1CCC[C@H]1C(=O)NC(CCC(N)=O)C(=O)NC(Cc1c[nH]c2ccccc12)C(=O)NO. The summed E-state index contributed by atoms with van der Waals surface area (Å²) in [5.74, 6) is -3.00. The second-order valence-electron chi connectivity index (χ2n) is 8.54. The number of amides is 5. The molecule has 5 amide bonds. The van der Waals surface area contributed by atoms with Crippen LogP contribution in [0.2, 0.25) is 0 Å². The average molecular weight is 487 g/mol. The fourth-order valence-corrected chi connectivity index (χ4v) is 4.32. The van der Waals surface area contributed by atoms with Crippen LogP contribution in [-0.2, 0) is 30.4 Å². The van der Waals surface area contributed by atoms with E-state index in [4.69, 9.17) is 5.73 Å². The van der Waals surface area contributed by atoms with Gasteiger partial charge < -0.3 is 26.3 Å². The highest BCUT2D eigenvalue weighted by molar-refractivity contribution is 5.95. The summed E-state index contributed by atoms with van der Waals surface area (Å²) < 4.78 is 0. The lowest BCUT2D eigenvalue weighted by atomic mass is 10.0. The van der Waals surface area contributed by atoms with Crippen molar-refractivity contribution in [1.29, 1.82) is 0 Å². The molecule has 12 heteroatoms. The Balaban J connectivity index is 1.76. The largest absolute Gasteiger partial charge is 0.370 e. The number of fused-ring (bicyclic) bond motifs is 1. The van der Waals surface area contributed by atoms with Gasteiger partial charge in [-0.05, 0) is 30.9 Å². The molecule has 0 bridgehead atoms. The van der Waals surface area contributed by atoms with Crippen LogP contribution in [-0.4, -0.2) is 69.3 Å². The molecular weight excluding hydrogens is 456 g/mol. The minimum Gasteiger partial charge on any atom is -0.370 e. The maximum atomic E-state index is 13.1. The van der Waals surface area contributed by atoms with Crippen LogP contribution in [0.1, 0.15) is 38.2 Å².